The van der Waals surface area contributed by atoms with Crippen LogP contribution in [0.4, 0.5) is 13.2 Å². The largest absolute Gasteiger partial charge is 0.493 e. The number of benzene rings is 3. The van der Waals surface area contributed by atoms with Crippen molar-refractivity contribution in [1.82, 2.24) is 9.66 Å². The van der Waals surface area contributed by atoms with Gasteiger partial charge in [0.05, 0.1) is 29.8 Å². The van der Waals surface area contributed by atoms with Crippen LogP contribution in [0, 0.1) is 0 Å². The Kier molecular flexibility index (Phi) is 6.37. The van der Waals surface area contributed by atoms with E-state index in [2.05, 4.69) is 10.1 Å². The van der Waals surface area contributed by atoms with Gasteiger partial charge in [-0.15, -0.1) is 0 Å². The number of carbonyl (C=O) groups excluding carboxylic acids is 1. The van der Waals surface area contributed by atoms with Crippen LogP contribution in [0.5, 0.6) is 11.5 Å². The Labute approximate surface area is 197 Å². The predicted octanol–water partition coefficient (Wildman–Crippen LogP) is 4.90. The lowest BCUT2D eigenvalue weighted by Crippen LogP contribution is -2.20. The van der Waals surface area contributed by atoms with Gasteiger partial charge in [0.1, 0.15) is 0 Å². The maximum Gasteiger partial charge on any atom is 0.416 e. The van der Waals surface area contributed by atoms with Crippen molar-refractivity contribution in [2.24, 2.45) is 5.10 Å². The molecule has 7 nitrogen and oxygen atoms in total. The number of carbonyl (C=O) groups is 1. The van der Waals surface area contributed by atoms with Crippen LogP contribution in [0.25, 0.3) is 22.3 Å². The van der Waals surface area contributed by atoms with E-state index < -0.39 is 23.3 Å². The summed E-state index contributed by atoms with van der Waals surface area (Å²) >= 11 is 0. The molecular formula is C25H18F3N3O4. The second kappa shape index (κ2) is 9.41. The summed E-state index contributed by atoms with van der Waals surface area (Å²) in [5, 5.41) is 4.49. The highest BCUT2D eigenvalue weighted by Crippen LogP contribution is 2.32. The van der Waals surface area contributed by atoms with E-state index in [9.17, 15) is 22.8 Å². The third-order valence-electron chi connectivity index (χ3n) is 4.97. The second-order valence-corrected chi connectivity index (χ2v) is 7.40. The van der Waals surface area contributed by atoms with Crippen LogP contribution in [0.2, 0.25) is 0 Å². The lowest BCUT2D eigenvalue weighted by molar-refractivity contribution is -0.137. The molecule has 0 atom stereocenters. The number of halogens is 3. The van der Waals surface area contributed by atoms with Crippen LogP contribution in [-0.4, -0.2) is 29.0 Å². The van der Waals surface area contributed by atoms with E-state index in [0.29, 0.717) is 11.1 Å². The summed E-state index contributed by atoms with van der Waals surface area (Å²) in [6.45, 7) is 1.25. The molecule has 35 heavy (non-hydrogen) atoms. The van der Waals surface area contributed by atoms with Crippen molar-refractivity contribution >= 4 is 23.1 Å². The minimum atomic E-state index is -4.57. The summed E-state index contributed by atoms with van der Waals surface area (Å²) in [5.74, 6) is -0.124. The predicted molar refractivity (Wildman–Crippen MR) is 124 cm³/mol. The first kappa shape index (κ1) is 23.7. The highest BCUT2D eigenvalue weighted by Gasteiger charge is 2.31. The van der Waals surface area contributed by atoms with Gasteiger partial charge in [-0.1, -0.05) is 24.3 Å². The third kappa shape index (κ3) is 5.06. The summed E-state index contributed by atoms with van der Waals surface area (Å²) in [5.41, 5.74) is -0.555. The molecule has 178 valence electrons. The van der Waals surface area contributed by atoms with Crippen molar-refractivity contribution in [1.29, 1.82) is 0 Å². The fourth-order valence-electron chi connectivity index (χ4n) is 3.38. The SMILES string of the molecule is COc1cc(C=Nn2c(-c3cccc(C(F)(F)F)c3)nc3ccccc3c2=O)ccc1OC(C)=O. The molecule has 0 N–H and O–H groups in total. The lowest BCUT2D eigenvalue weighted by atomic mass is 10.1. The van der Waals surface area contributed by atoms with Crippen molar-refractivity contribution in [3.05, 3.63) is 88.2 Å². The standard InChI is InChI=1S/C25H18F3N3O4/c1-15(32)35-21-11-10-16(12-22(21)34-2)14-29-31-23(17-6-5-7-18(13-17)25(26,27)28)30-20-9-4-3-8-19(20)24(31)33/h3-14H,1-2H3. The minimum Gasteiger partial charge on any atom is -0.493 e. The van der Waals surface area contributed by atoms with Crippen molar-refractivity contribution in [2.45, 2.75) is 13.1 Å². The van der Waals surface area contributed by atoms with E-state index in [1.54, 1.807) is 30.3 Å². The fraction of sp³-hybridized carbons (Fsp3) is 0.120. The summed E-state index contributed by atoms with van der Waals surface area (Å²) in [7, 11) is 1.40. The molecule has 0 saturated carbocycles. The van der Waals surface area contributed by atoms with Gasteiger partial charge in [-0.3, -0.25) is 9.59 Å². The van der Waals surface area contributed by atoms with Crippen molar-refractivity contribution < 1.29 is 27.4 Å². The number of alkyl halides is 3. The van der Waals surface area contributed by atoms with Gasteiger partial charge < -0.3 is 9.47 Å². The number of nitrogens with zero attached hydrogens (tertiary/aromatic N) is 3. The number of ether oxygens (including phenoxy) is 2. The molecular weight excluding hydrogens is 463 g/mol. The Morgan fingerprint density at radius 3 is 2.51 bits per heavy atom. The van der Waals surface area contributed by atoms with Crippen molar-refractivity contribution in [3.8, 4) is 22.9 Å². The summed E-state index contributed by atoms with van der Waals surface area (Å²) < 4.78 is 51.2. The van der Waals surface area contributed by atoms with Gasteiger partial charge in [0.2, 0.25) is 0 Å². The molecule has 1 aromatic heterocycles. The van der Waals surface area contributed by atoms with Crippen molar-refractivity contribution in [3.63, 3.8) is 0 Å². The highest BCUT2D eigenvalue weighted by molar-refractivity contribution is 5.83. The molecule has 0 amide bonds. The Morgan fingerprint density at radius 2 is 1.80 bits per heavy atom. The van der Waals surface area contributed by atoms with Gasteiger partial charge in [0.25, 0.3) is 5.56 Å². The number of hydrogen-bond acceptors (Lipinski definition) is 6. The van der Waals surface area contributed by atoms with Crippen LogP contribution >= 0.6 is 0 Å². The first-order chi connectivity index (χ1) is 16.7. The molecule has 0 aliphatic carbocycles. The maximum absolute atomic E-state index is 13.3. The normalized spacial score (nSPS) is 11.7. The summed E-state index contributed by atoms with van der Waals surface area (Å²) in [4.78, 5) is 28.9. The number of rotatable bonds is 5. The number of aromatic nitrogens is 2. The zero-order valence-corrected chi connectivity index (χ0v) is 18.5. The minimum absolute atomic E-state index is 0.0560. The lowest BCUT2D eigenvalue weighted by Gasteiger charge is -2.12. The average Bonchev–Trinajstić information content (AvgIpc) is 2.83. The third-order valence-corrected chi connectivity index (χ3v) is 4.97. The van der Waals surface area contributed by atoms with E-state index in [-0.39, 0.29) is 28.3 Å². The second-order valence-electron chi connectivity index (χ2n) is 7.40. The van der Waals surface area contributed by atoms with Gasteiger partial charge in [-0.2, -0.15) is 22.9 Å². The monoisotopic (exact) mass is 481 g/mol. The molecule has 0 bridgehead atoms. The average molecular weight is 481 g/mol. The zero-order valence-electron chi connectivity index (χ0n) is 18.5. The molecule has 0 aliphatic rings. The van der Waals surface area contributed by atoms with Crippen LogP contribution in [0.1, 0.15) is 18.1 Å². The van der Waals surface area contributed by atoms with E-state index in [4.69, 9.17) is 9.47 Å². The first-order valence-electron chi connectivity index (χ1n) is 10.3. The van der Waals surface area contributed by atoms with Gasteiger partial charge in [-0.05, 0) is 48.0 Å². The summed E-state index contributed by atoms with van der Waals surface area (Å²) in [6, 6.07) is 15.6. The highest BCUT2D eigenvalue weighted by atomic mass is 19.4. The zero-order chi connectivity index (χ0) is 25.2. The first-order valence-corrected chi connectivity index (χ1v) is 10.3. The Balaban J connectivity index is 1.86. The van der Waals surface area contributed by atoms with Crippen LogP contribution in [0.15, 0.2) is 76.6 Å². The van der Waals surface area contributed by atoms with Crippen LogP contribution in [-0.2, 0) is 11.0 Å². The quantitative estimate of drug-likeness (QED) is 0.230. The molecule has 3 aromatic carbocycles. The van der Waals surface area contributed by atoms with Crippen LogP contribution in [0.3, 0.4) is 0 Å². The van der Waals surface area contributed by atoms with E-state index in [0.717, 1.165) is 16.8 Å². The molecule has 0 fully saturated rings. The Morgan fingerprint density at radius 1 is 1.03 bits per heavy atom. The molecule has 0 aliphatic heterocycles. The molecule has 10 heteroatoms. The molecule has 4 aromatic rings. The van der Waals surface area contributed by atoms with Gasteiger partial charge in [-0.25, -0.2) is 4.98 Å². The van der Waals surface area contributed by atoms with E-state index in [1.165, 1.54) is 44.5 Å². The number of fused-ring (bicyclic) bond motifs is 1. The smallest absolute Gasteiger partial charge is 0.416 e. The van der Waals surface area contributed by atoms with Gasteiger partial charge in [0, 0.05) is 12.5 Å². The van der Waals surface area contributed by atoms with Gasteiger partial charge in [0.15, 0.2) is 17.3 Å². The molecule has 0 radical (unpaired) electrons. The van der Waals surface area contributed by atoms with E-state index in [1.807, 2.05) is 0 Å². The number of para-hydroxylation sites is 1. The summed E-state index contributed by atoms with van der Waals surface area (Å²) in [6.07, 6.45) is -3.24. The molecule has 0 spiro atoms. The Bertz CT molecular complexity index is 1510. The molecule has 0 saturated heterocycles. The fourth-order valence-corrected chi connectivity index (χ4v) is 3.38. The topological polar surface area (TPSA) is 82.8 Å². The number of esters is 1. The number of hydrogen-bond donors (Lipinski definition) is 0. The molecule has 1 heterocycles. The van der Waals surface area contributed by atoms with Gasteiger partial charge >= 0.3 is 12.1 Å². The molecule has 0 unspecified atom stereocenters. The maximum atomic E-state index is 13.3. The van der Waals surface area contributed by atoms with E-state index >= 15 is 0 Å². The van der Waals surface area contributed by atoms with Crippen molar-refractivity contribution in [2.75, 3.05) is 7.11 Å². The van der Waals surface area contributed by atoms with Crippen LogP contribution < -0.4 is 15.0 Å². The molecule has 4 rings (SSSR count). The number of methoxy groups -OCH3 is 1. The Hall–Kier alpha value is -4.47.